The van der Waals surface area contributed by atoms with E-state index >= 15 is 0 Å². The van der Waals surface area contributed by atoms with Crippen molar-refractivity contribution in [2.75, 3.05) is 7.11 Å². The second-order valence-corrected chi connectivity index (χ2v) is 3.55. The molecule has 4 heteroatoms. The molecule has 0 aliphatic rings. The number of phenolic OH excluding ortho intramolecular Hbond substituents is 2. The number of phenols is 2. The fourth-order valence-electron chi connectivity index (χ4n) is 1.62. The second-order valence-electron chi connectivity index (χ2n) is 3.55. The minimum atomic E-state index is -0.547. The van der Waals surface area contributed by atoms with Crippen molar-refractivity contribution in [2.24, 2.45) is 0 Å². The van der Waals surface area contributed by atoms with Crippen LogP contribution >= 0.6 is 0 Å². The molecule has 0 bridgehead atoms. The Morgan fingerprint density at radius 2 is 1.53 bits per heavy atom. The molecular weight excluding hydrogens is 223 g/mol. The Kier molecular flexibility index (Phi) is 2.87. The molecule has 0 saturated heterocycles. The molecule has 88 valence electrons. The zero-order chi connectivity index (χ0) is 12.4. The van der Waals surface area contributed by atoms with Crippen molar-refractivity contribution < 1.29 is 19.3 Å². The van der Waals surface area contributed by atoms with E-state index in [9.17, 15) is 9.50 Å². The number of methoxy groups -OCH3 is 1. The van der Waals surface area contributed by atoms with Gasteiger partial charge in [0.25, 0.3) is 0 Å². The molecule has 17 heavy (non-hydrogen) atoms. The van der Waals surface area contributed by atoms with Gasteiger partial charge in [-0.1, -0.05) is 0 Å². The second kappa shape index (κ2) is 4.33. The van der Waals surface area contributed by atoms with Gasteiger partial charge in [-0.05, 0) is 24.3 Å². The molecule has 0 unspecified atom stereocenters. The Morgan fingerprint density at radius 3 is 2.12 bits per heavy atom. The number of hydrogen-bond donors (Lipinski definition) is 2. The molecule has 2 N–H and O–H groups in total. The molecule has 0 amide bonds. The van der Waals surface area contributed by atoms with E-state index in [2.05, 4.69) is 0 Å². The van der Waals surface area contributed by atoms with Gasteiger partial charge in [-0.3, -0.25) is 0 Å². The fraction of sp³-hybridized carbons (Fsp3) is 0.0769. The summed E-state index contributed by atoms with van der Waals surface area (Å²) in [4.78, 5) is 0. The van der Waals surface area contributed by atoms with Crippen LogP contribution in [0.1, 0.15) is 0 Å². The van der Waals surface area contributed by atoms with E-state index in [0.29, 0.717) is 16.9 Å². The number of aromatic hydroxyl groups is 2. The standard InChI is InChI=1S/C13H11FO3/c1-17-13-7-9(16)3-5-11(13)10-4-2-8(15)6-12(10)14/h2-7,15-16H,1H3. The summed E-state index contributed by atoms with van der Waals surface area (Å²) in [5.41, 5.74) is 0.822. The molecule has 0 aliphatic heterocycles. The quantitative estimate of drug-likeness (QED) is 0.839. The van der Waals surface area contributed by atoms with Crippen molar-refractivity contribution in [1.29, 1.82) is 0 Å². The molecule has 2 aromatic carbocycles. The maximum atomic E-state index is 13.7. The first-order valence-corrected chi connectivity index (χ1v) is 4.97. The van der Waals surface area contributed by atoms with E-state index in [1.165, 1.54) is 31.4 Å². The summed E-state index contributed by atoms with van der Waals surface area (Å²) in [6.45, 7) is 0. The fourth-order valence-corrected chi connectivity index (χ4v) is 1.62. The summed E-state index contributed by atoms with van der Waals surface area (Å²) >= 11 is 0. The average Bonchev–Trinajstić information content (AvgIpc) is 2.30. The van der Waals surface area contributed by atoms with Crippen molar-refractivity contribution in [3.63, 3.8) is 0 Å². The molecule has 0 spiro atoms. The third-order valence-corrected chi connectivity index (χ3v) is 2.43. The topological polar surface area (TPSA) is 49.7 Å². The third kappa shape index (κ3) is 2.15. The lowest BCUT2D eigenvalue weighted by Gasteiger charge is -2.10. The lowest BCUT2D eigenvalue weighted by Crippen LogP contribution is -1.90. The maximum absolute atomic E-state index is 13.7. The van der Waals surface area contributed by atoms with E-state index < -0.39 is 5.82 Å². The number of rotatable bonds is 2. The molecule has 0 fully saturated rings. The Morgan fingerprint density at radius 1 is 0.941 bits per heavy atom. The van der Waals surface area contributed by atoms with Crippen LogP contribution < -0.4 is 4.74 Å². The van der Waals surface area contributed by atoms with Gasteiger partial charge >= 0.3 is 0 Å². The summed E-state index contributed by atoms with van der Waals surface area (Å²) in [6, 6.07) is 8.29. The molecule has 2 aromatic rings. The van der Waals surface area contributed by atoms with Gasteiger partial charge in [0.15, 0.2) is 0 Å². The monoisotopic (exact) mass is 234 g/mol. The highest BCUT2D eigenvalue weighted by atomic mass is 19.1. The van der Waals surface area contributed by atoms with Gasteiger partial charge in [-0.2, -0.15) is 0 Å². The van der Waals surface area contributed by atoms with E-state index in [1.807, 2.05) is 0 Å². The minimum absolute atomic E-state index is 0.0461. The van der Waals surface area contributed by atoms with Crippen LogP contribution in [-0.4, -0.2) is 17.3 Å². The van der Waals surface area contributed by atoms with E-state index in [0.717, 1.165) is 6.07 Å². The normalized spacial score (nSPS) is 10.2. The highest BCUT2D eigenvalue weighted by Crippen LogP contribution is 2.35. The van der Waals surface area contributed by atoms with Crippen molar-refractivity contribution in [3.05, 3.63) is 42.2 Å². The van der Waals surface area contributed by atoms with Crippen LogP contribution in [0.5, 0.6) is 17.2 Å². The van der Waals surface area contributed by atoms with Gasteiger partial charge in [0.05, 0.1) is 7.11 Å². The van der Waals surface area contributed by atoms with Crippen LogP contribution in [0, 0.1) is 5.82 Å². The van der Waals surface area contributed by atoms with Crippen molar-refractivity contribution in [3.8, 4) is 28.4 Å². The number of hydrogen-bond acceptors (Lipinski definition) is 3. The Labute approximate surface area is 97.7 Å². The predicted octanol–water partition coefficient (Wildman–Crippen LogP) is 2.91. The molecule has 0 atom stereocenters. The van der Waals surface area contributed by atoms with Gasteiger partial charge in [-0.15, -0.1) is 0 Å². The first-order chi connectivity index (χ1) is 8.11. The van der Waals surface area contributed by atoms with Crippen LogP contribution in [0.25, 0.3) is 11.1 Å². The molecule has 0 aliphatic carbocycles. The Balaban J connectivity index is 2.60. The first kappa shape index (κ1) is 11.3. The minimum Gasteiger partial charge on any atom is -0.508 e. The SMILES string of the molecule is COc1cc(O)ccc1-c1ccc(O)cc1F. The Hall–Kier alpha value is -2.23. The summed E-state index contributed by atoms with van der Waals surface area (Å²) in [6.07, 6.45) is 0. The zero-order valence-electron chi connectivity index (χ0n) is 9.14. The highest BCUT2D eigenvalue weighted by molar-refractivity contribution is 5.72. The number of benzene rings is 2. The molecule has 2 rings (SSSR count). The van der Waals surface area contributed by atoms with Crippen LogP contribution in [-0.2, 0) is 0 Å². The van der Waals surface area contributed by atoms with E-state index in [1.54, 1.807) is 6.07 Å². The smallest absolute Gasteiger partial charge is 0.134 e. The maximum Gasteiger partial charge on any atom is 0.134 e. The summed E-state index contributed by atoms with van der Waals surface area (Å²) in [5.74, 6) is -0.266. The first-order valence-electron chi connectivity index (χ1n) is 4.97. The Bertz CT molecular complexity index is 552. The third-order valence-electron chi connectivity index (χ3n) is 2.43. The van der Waals surface area contributed by atoms with E-state index in [4.69, 9.17) is 9.84 Å². The zero-order valence-corrected chi connectivity index (χ0v) is 9.14. The van der Waals surface area contributed by atoms with Crippen molar-refractivity contribution in [2.45, 2.75) is 0 Å². The largest absolute Gasteiger partial charge is 0.508 e. The highest BCUT2D eigenvalue weighted by Gasteiger charge is 2.11. The molecule has 0 heterocycles. The summed E-state index contributed by atoms with van der Waals surface area (Å²) in [5, 5.41) is 18.5. The lowest BCUT2D eigenvalue weighted by molar-refractivity contribution is 0.409. The molecule has 0 radical (unpaired) electrons. The lowest BCUT2D eigenvalue weighted by atomic mass is 10.0. The molecule has 3 nitrogen and oxygen atoms in total. The van der Waals surface area contributed by atoms with Crippen molar-refractivity contribution >= 4 is 0 Å². The summed E-state index contributed by atoms with van der Waals surface area (Å²) in [7, 11) is 1.44. The average molecular weight is 234 g/mol. The molecule has 0 aromatic heterocycles. The van der Waals surface area contributed by atoms with Crippen LogP contribution in [0.4, 0.5) is 4.39 Å². The van der Waals surface area contributed by atoms with Gasteiger partial charge in [0.2, 0.25) is 0 Å². The molecule has 0 saturated carbocycles. The van der Waals surface area contributed by atoms with Gasteiger partial charge in [0.1, 0.15) is 23.1 Å². The van der Waals surface area contributed by atoms with Crippen LogP contribution in [0.3, 0.4) is 0 Å². The number of halogens is 1. The predicted molar refractivity (Wildman–Crippen MR) is 61.7 cm³/mol. The van der Waals surface area contributed by atoms with Crippen molar-refractivity contribution in [1.82, 2.24) is 0 Å². The van der Waals surface area contributed by atoms with E-state index in [-0.39, 0.29) is 11.5 Å². The molecular formula is C13H11FO3. The van der Waals surface area contributed by atoms with Crippen LogP contribution in [0.2, 0.25) is 0 Å². The van der Waals surface area contributed by atoms with Gasteiger partial charge < -0.3 is 14.9 Å². The van der Waals surface area contributed by atoms with Gasteiger partial charge in [0, 0.05) is 23.3 Å². The van der Waals surface area contributed by atoms with Crippen LogP contribution in [0.15, 0.2) is 36.4 Å². The number of ether oxygens (including phenoxy) is 1. The van der Waals surface area contributed by atoms with Gasteiger partial charge in [-0.25, -0.2) is 4.39 Å². The summed E-state index contributed by atoms with van der Waals surface area (Å²) < 4.78 is 18.8.